The smallest absolute Gasteiger partial charge is 0.338 e. The van der Waals surface area contributed by atoms with Gasteiger partial charge in [-0.1, -0.05) is 36.4 Å². The Labute approximate surface area is 347 Å². The number of aliphatic hydroxyl groups is 1. The van der Waals surface area contributed by atoms with Crippen molar-refractivity contribution in [3.05, 3.63) is 98.2 Å². The fourth-order valence-electron chi connectivity index (χ4n) is 6.54. The van der Waals surface area contributed by atoms with E-state index in [0.29, 0.717) is 4.57 Å². The molecule has 21 nitrogen and oxygen atoms in total. The summed E-state index contributed by atoms with van der Waals surface area (Å²) in [5.41, 5.74) is -2.10. The maximum atomic E-state index is 13.3. The zero-order chi connectivity index (χ0) is 44.5. The summed E-state index contributed by atoms with van der Waals surface area (Å²) in [6.07, 6.45) is -13.9. The molecule has 5 rings (SSSR count). The van der Waals surface area contributed by atoms with Crippen molar-refractivity contribution < 1.29 is 76.8 Å². The van der Waals surface area contributed by atoms with Gasteiger partial charge in [0.2, 0.25) is 5.88 Å². The van der Waals surface area contributed by atoms with Crippen LogP contribution in [-0.2, 0) is 71.1 Å². The quantitative estimate of drug-likeness (QED) is 0.122. The van der Waals surface area contributed by atoms with E-state index in [1.54, 1.807) is 36.4 Å². The second-order valence-corrected chi connectivity index (χ2v) is 13.8. The van der Waals surface area contributed by atoms with Gasteiger partial charge in [-0.2, -0.15) is 0 Å². The predicted molar refractivity (Wildman–Crippen MR) is 205 cm³/mol. The minimum Gasteiger partial charge on any atom is -0.494 e. The molecule has 10 atom stereocenters. The number of aromatic nitrogens is 2. The average Bonchev–Trinajstić information content (AvgIpc) is 3.24. The molecule has 0 unspecified atom stereocenters. The summed E-state index contributed by atoms with van der Waals surface area (Å²) in [5.74, 6) is -5.09. The molecule has 0 radical (unpaired) electrons. The van der Waals surface area contributed by atoms with E-state index in [2.05, 4.69) is 4.99 Å². The number of methoxy groups -OCH3 is 1. The van der Waals surface area contributed by atoms with Crippen LogP contribution < -0.4 is 11.2 Å². The summed E-state index contributed by atoms with van der Waals surface area (Å²) in [5, 5.41) is 22.9. The zero-order valence-electron chi connectivity index (χ0n) is 33.8. The molecule has 3 heterocycles. The number of carbonyl (C=O) groups is 5. The van der Waals surface area contributed by atoms with Crippen molar-refractivity contribution in [1.82, 2.24) is 9.13 Å². The first-order chi connectivity index (χ1) is 29.0. The first-order valence-electron chi connectivity index (χ1n) is 18.7. The molecule has 2 fully saturated rings. The Kier molecular flexibility index (Phi) is 15.3. The first-order valence-corrected chi connectivity index (χ1v) is 18.7. The summed E-state index contributed by atoms with van der Waals surface area (Å²) in [7, 11) is 3.55. The molecule has 0 amide bonds. The van der Waals surface area contributed by atoms with Gasteiger partial charge < -0.3 is 52.8 Å². The molecule has 2 aliphatic heterocycles. The van der Waals surface area contributed by atoms with Gasteiger partial charge in [0.15, 0.2) is 30.9 Å². The number of benzene rings is 2. The molecule has 2 N–H and O–H groups in total. The monoisotopic (exact) mass is 855 g/mol. The van der Waals surface area contributed by atoms with E-state index >= 15 is 0 Å². The lowest BCUT2D eigenvalue weighted by atomic mass is 9.95. The van der Waals surface area contributed by atoms with Crippen molar-refractivity contribution in [3.63, 3.8) is 0 Å². The molecular weight excluding hydrogens is 810 g/mol. The second kappa shape index (κ2) is 20.3. The highest BCUT2D eigenvalue weighted by molar-refractivity contribution is 5.90. The fourth-order valence-corrected chi connectivity index (χ4v) is 6.54. The molecule has 328 valence electrons. The maximum absolute atomic E-state index is 13.3. The van der Waals surface area contributed by atoms with Crippen LogP contribution in [0.5, 0.6) is 5.88 Å². The van der Waals surface area contributed by atoms with Gasteiger partial charge >= 0.3 is 35.5 Å². The summed E-state index contributed by atoms with van der Waals surface area (Å²) < 4.78 is 53.3. The number of hydrogen-bond donors (Lipinski definition) is 2. The van der Waals surface area contributed by atoms with Gasteiger partial charge in [-0.25, -0.2) is 14.4 Å². The van der Waals surface area contributed by atoms with E-state index in [-0.39, 0.29) is 11.1 Å². The summed E-state index contributed by atoms with van der Waals surface area (Å²) in [6, 6.07) is 14.0. The van der Waals surface area contributed by atoms with Crippen LogP contribution in [0.4, 0.5) is 0 Å². The summed E-state index contributed by atoms with van der Waals surface area (Å²) in [4.78, 5) is 93.6. The SMILES string of the molecule is CO[C@H]1O[C@H](COC(=O)c2ccccc2)[C@H](O[C@@H]2O[C@H](COC(C)=O)[C@@H](OC(C)=O)[C@H](OC(C)=O)[C@H]2N=Cc2c(O)n(C)c(=O)n(C)c2=O)[C@H](O)[C@H]1OC(=O)c1ccccc1. The van der Waals surface area contributed by atoms with Crippen LogP contribution in [0.1, 0.15) is 47.1 Å². The van der Waals surface area contributed by atoms with Crippen LogP contribution in [0.3, 0.4) is 0 Å². The van der Waals surface area contributed by atoms with E-state index in [0.717, 1.165) is 38.6 Å². The Bertz CT molecular complexity index is 2210. The molecule has 2 aromatic carbocycles. The minimum atomic E-state index is -1.88. The van der Waals surface area contributed by atoms with E-state index in [9.17, 15) is 43.8 Å². The molecule has 3 aromatic rings. The molecule has 1 aromatic heterocycles. The van der Waals surface area contributed by atoms with E-state index in [1.165, 1.54) is 38.4 Å². The van der Waals surface area contributed by atoms with Gasteiger partial charge in [-0.15, -0.1) is 0 Å². The lowest BCUT2D eigenvalue weighted by Gasteiger charge is -2.47. The highest BCUT2D eigenvalue weighted by atomic mass is 16.8. The highest BCUT2D eigenvalue weighted by Gasteiger charge is 2.55. The predicted octanol–water partition coefficient (Wildman–Crippen LogP) is -0.0715. The molecule has 61 heavy (non-hydrogen) atoms. The number of aliphatic hydroxyl groups excluding tert-OH is 1. The maximum Gasteiger partial charge on any atom is 0.338 e. The first kappa shape index (κ1) is 45.8. The van der Waals surface area contributed by atoms with E-state index in [1.807, 2.05) is 0 Å². The highest BCUT2D eigenvalue weighted by Crippen LogP contribution is 2.35. The van der Waals surface area contributed by atoms with Crippen molar-refractivity contribution >= 4 is 36.1 Å². The van der Waals surface area contributed by atoms with Crippen LogP contribution in [0.25, 0.3) is 0 Å². The van der Waals surface area contributed by atoms with Crippen LogP contribution in [0, 0.1) is 0 Å². The number of rotatable bonds is 14. The Balaban J connectivity index is 1.62. The van der Waals surface area contributed by atoms with Gasteiger partial charge in [0, 0.05) is 48.2 Å². The third kappa shape index (κ3) is 10.9. The topological polar surface area (TPSA) is 265 Å². The number of carbonyl (C=O) groups excluding carboxylic acids is 5. The summed E-state index contributed by atoms with van der Waals surface area (Å²) in [6.45, 7) is 1.93. The average molecular weight is 856 g/mol. The zero-order valence-corrected chi connectivity index (χ0v) is 33.8. The summed E-state index contributed by atoms with van der Waals surface area (Å²) >= 11 is 0. The minimum absolute atomic E-state index is 0.104. The Morgan fingerprint density at radius 1 is 0.705 bits per heavy atom. The molecule has 2 aliphatic rings. The van der Waals surface area contributed by atoms with Gasteiger partial charge in [0.1, 0.15) is 49.2 Å². The van der Waals surface area contributed by atoms with Crippen LogP contribution in [0.2, 0.25) is 0 Å². The van der Waals surface area contributed by atoms with Gasteiger partial charge in [-0.05, 0) is 24.3 Å². The Morgan fingerprint density at radius 2 is 1.25 bits per heavy atom. The molecule has 0 aliphatic carbocycles. The van der Waals surface area contributed by atoms with Gasteiger partial charge in [0.25, 0.3) is 5.56 Å². The fraction of sp³-hybridized carbons (Fsp3) is 0.450. The molecule has 21 heteroatoms. The molecule has 2 saturated heterocycles. The number of hydrogen-bond acceptors (Lipinski definition) is 19. The third-order valence-corrected chi connectivity index (χ3v) is 9.49. The van der Waals surface area contributed by atoms with Crippen molar-refractivity contribution in [2.75, 3.05) is 20.3 Å². The van der Waals surface area contributed by atoms with Gasteiger partial charge in [-0.3, -0.25) is 33.3 Å². The van der Waals surface area contributed by atoms with Crippen molar-refractivity contribution in [2.45, 2.75) is 82.1 Å². The van der Waals surface area contributed by atoms with E-state index < -0.39 is 127 Å². The second-order valence-electron chi connectivity index (χ2n) is 13.8. The van der Waals surface area contributed by atoms with Crippen LogP contribution in [-0.4, -0.2) is 137 Å². The van der Waals surface area contributed by atoms with Crippen molar-refractivity contribution in [2.24, 2.45) is 19.1 Å². The number of aliphatic imine (C=N–C) groups is 1. The van der Waals surface area contributed by atoms with Crippen molar-refractivity contribution in [1.29, 1.82) is 0 Å². The Hall–Kier alpha value is -6.26. The van der Waals surface area contributed by atoms with E-state index in [4.69, 9.17) is 42.6 Å². The lowest BCUT2D eigenvalue weighted by Crippen LogP contribution is -2.66. The third-order valence-electron chi connectivity index (χ3n) is 9.49. The molecular formula is C40H45N3O18. The van der Waals surface area contributed by atoms with Crippen LogP contribution >= 0.6 is 0 Å². The number of ether oxygens (including phenoxy) is 9. The van der Waals surface area contributed by atoms with Gasteiger partial charge in [0.05, 0.1) is 11.1 Å². The molecule has 0 bridgehead atoms. The van der Waals surface area contributed by atoms with Crippen LogP contribution in [0.15, 0.2) is 75.2 Å². The largest absolute Gasteiger partial charge is 0.494 e. The molecule has 0 saturated carbocycles. The molecule has 0 spiro atoms. The normalized spacial score (nSPS) is 26.2. The van der Waals surface area contributed by atoms with Crippen molar-refractivity contribution in [3.8, 4) is 5.88 Å². The number of esters is 5. The lowest BCUT2D eigenvalue weighted by molar-refractivity contribution is -0.342. The number of aromatic hydroxyl groups is 1. The Morgan fingerprint density at radius 3 is 1.82 bits per heavy atom. The number of nitrogens with zero attached hydrogens (tertiary/aromatic N) is 3. The standard InChI is InChI=1S/C40H45N3O18/c1-20(44)54-18-27-31(56-21(2)45)32(57-22(3)46)28(41-17-25-34(48)42(4)40(52)43(5)35(25)49)38(58-27)61-30-26(19-55-36(50)23-13-9-7-10-14-23)59-39(53-6)33(29(30)47)60-37(51)24-15-11-8-12-16-24/h7-17,26-33,38-39,47-48H,18-19H2,1-6H3/t26-,27-,28-,29+,30+,31-,32-,33-,38+,39+/m1/s1.